The molecule has 0 saturated carbocycles. The van der Waals surface area contributed by atoms with Crippen molar-refractivity contribution >= 4 is 45.2 Å². The second kappa shape index (κ2) is 6.92. The first-order chi connectivity index (χ1) is 10.2. The second-order valence-corrected chi connectivity index (χ2v) is 7.34. The molecule has 0 heterocycles. The first-order valence-corrected chi connectivity index (χ1v) is 8.97. The zero-order chi connectivity index (χ0) is 14.7. The molecule has 0 saturated heterocycles. The molecule has 0 aliphatic heterocycles. The van der Waals surface area contributed by atoms with Gasteiger partial charge in [-0.15, -0.1) is 0 Å². The maximum Gasteiger partial charge on any atom is 0.0165 e. The number of rotatable bonds is 3. The molecule has 0 bridgehead atoms. The van der Waals surface area contributed by atoms with Gasteiger partial charge in [-0.1, -0.05) is 54.6 Å². The van der Waals surface area contributed by atoms with Gasteiger partial charge < -0.3 is 0 Å². The molecular formula is C19H14I2. The summed E-state index contributed by atoms with van der Waals surface area (Å²) >= 11 is 4.76. The fraction of sp³-hybridized carbons (Fsp3) is 0.0526. The molecule has 0 aliphatic carbocycles. The summed E-state index contributed by atoms with van der Waals surface area (Å²) in [7, 11) is 0. The average Bonchev–Trinajstić information content (AvgIpc) is 2.51. The van der Waals surface area contributed by atoms with Crippen molar-refractivity contribution in [3.63, 3.8) is 0 Å². The van der Waals surface area contributed by atoms with Crippen LogP contribution in [0, 0.1) is 7.14 Å². The van der Waals surface area contributed by atoms with Crippen LogP contribution in [0.1, 0.15) is 11.1 Å². The van der Waals surface area contributed by atoms with Crippen molar-refractivity contribution in [1.82, 2.24) is 0 Å². The average molecular weight is 496 g/mol. The van der Waals surface area contributed by atoms with E-state index in [9.17, 15) is 0 Å². The molecule has 104 valence electrons. The van der Waals surface area contributed by atoms with Crippen molar-refractivity contribution < 1.29 is 0 Å². The van der Waals surface area contributed by atoms with E-state index in [4.69, 9.17) is 0 Å². The van der Waals surface area contributed by atoms with E-state index in [0.29, 0.717) is 0 Å². The largest absolute Gasteiger partial charge is 0.0619 e. The van der Waals surface area contributed by atoms with E-state index >= 15 is 0 Å². The highest BCUT2D eigenvalue weighted by atomic mass is 127. The molecule has 3 rings (SSSR count). The third-order valence-corrected chi connectivity index (χ3v) is 5.28. The molecule has 21 heavy (non-hydrogen) atoms. The lowest BCUT2D eigenvalue weighted by molar-refractivity contribution is 1.18. The van der Waals surface area contributed by atoms with Gasteiger partial charge in [0.25, 0.3) is 0 Å². The van der Waals surface area contributed by atoms with Crippen molar-refractivity contribution in [1.29, 1.82) is 0 Å². The van der Waals surface area contributed by atoms with Crippen molar-refractivity contribution in [3.05, 3.63) is 91.1 Å². The predicted octanol–water partition coefficient (Wildman–Crippen LogP) is 6.15. The Kier molecular flexibility index (Phi) is 4.95. The molecular weight excluding hydrogens is 482 g/mol. The highest BCUT2D eigenvalue weighted by Crippen LogP contribution is 2.27. The molecule has 0 fully saturated rings. The Hall–Kier alpha value is -0.880. The summed E-state index contributed by atoms with van der Waals surface area (Å²) in [5.41, 5.74) is 5.38. The van der Waals surface area contributed by atoms with Gasteiger partial charge in [0.15, 0.2) is 0 Å². The number of hydrogen-bond donors (Lipinski definition) is 0. The highest BCUT2D eigenvalue weighted by molar-refractivity contribution is 14.1. The summed E-state index contributed by atoms with van der Waals surface area (Å²) < 4.78 is 2.60. The Labute approximate surface area is 152 Å². The van der Waals surface area contributed by atoms with E-state index in [-0.39, 0.29) is 0 Å². The minimum Gasteiger partial charge on any atom is -0.0619 e. The van der Waals surface area contributed by atoms with Gasteiger partial charge in [-0.2, -0.15) is 0 Å². The SMILES string of the molecule is Ic1ccc(-c2ccccc2Cc2ccccc2I)cc1. The van der Waals surface area contributed by atoms with E-state index in [2.05, 4.69) is 118 Å². The van der Waals surface area contributed by atoms with E-state index in [0.717, 1.165) is 6.42 Å². The van der Waals surface area contributed by atoms with Crippen LogP contribution in [-0.2, 0) is 6.42 Å². The summed E-state index contributed by atoms with van der Waals surface area (Å²) in [5, 5.41) is 0. The maximum absolute atomic E-state index is 2.42. The lowest BCUT2D eigenvalue weighted by Crippen LogP contribution is -1.94. The van der Waals surface area contributed by atoms with Crippen LogP contribution in [0.3, 0.4) is 0 Å². The van der Waals surface area contributed by atoms with Crippen molar-refractivity contribution in [3.8, 4) is 11.1 Å². The van der Waals surface area contributed by atoms with Crippen LogP contribution >= 0.6 is 45.2 Å². The van der Waals surface area contributed by atoms with Crippen LogP contribution in [0.2, 0.25) is 0 Å². The summed E-state index contributed by atoms with van der Waals surface area (Å²) in [6.45, 7) is 0. The molecule has 0 aromatic heterocycles. The van der Waals surface area contributed by atoms with Crippen molar-refractivity contribution in [2.75, 3.05) is 0 Å². The third kappa shape index (κ3) is 3.66. The Morgan fingerprint density at radius 2 is 1.24 bits per heavy atom. The fourth-order valence-corrected chi connectivity index (χ4v) is 3.37. The molecule has 0 amide bonds. The smallest absolute Gasteiger partial charge is 0.0165 e. The molecule has 0 unspecified atom stereocenters. The van der Waals surface area contributed by atoms with Gasteiger partial charge in [0.1, 0.15) is 0 Å². The van der Waals surface area contributed by atoms with Gasteiger partial charge in [0.2, 0.25) is 0 Å². The van der Waals surface area contributed by atoms with Crippen molar-refractivity contribution in [2.45, 2.75) is 6.42 Å². The molecule has 0 radical (unpaired) electrons. The highest BCUT2D eigenvalue weighted by Gasteiger charge is 2.07. The molecule has 3 aromatic carbocycles. The van der Waals surface area contributed by atoms with Gasteiger partial charge >= 0.3 is 0 Å². The van der Waals surface area contributed by atoms with Crippen LogP contribution < -0.4 is 0 Å². The normalized spacial score (nSPS) is 10.6. The second-order valence-electron chi connectivity index (χ2n) is 4.93. The Balaban J connectivity index is 2.00. The molecule has 0 nitrogen and oxygen atoms in total. The van der Waals surface area contributed by atoms with E-state index < -0.39 is 0 Å². The Bertz CT molecular complexity index is 746. The summed E-state index contributed by atoms with van der Waals surface area (Å²) in [5.74, 6) is 0. The molecule has 0 N–H and O–H groups in total. The minimum atomic E-state index is 0.973. The minimum absolute atomic E-state index is 0.973. The lowest BCUT2D eigenvalue weighted by Gasteiger charge is -2.11. The maximum atomic E-state index is 2.42. The summed E-state index contributed by atoms with van der Waals surface area (Å²) in [6.07, 6.45) is 0.973. The summed E-state index contributed by atoms with van der Waals surface area (Å²) in [4.78, 5) is 0. The number of halogens is 2. The van der Waals surface area contributed by atoms with E-state index in [1.54, 1.807) is 0 Å². The monoisotopic (exact) mass is 496 g/mol. The summed E-state index contributed by atoms with van der Waals surface area (Å²) in [6, 6.07) is 26.0. The standard InChI is InChI=1S/C19H14I2/c20-17-11-9-14(10-12-17)18-7-3-1-5-15(18)13-16-6-2-4-8-19(16)21/h1-12H,13H2. The predicted molar refractivity (Wildman–Crippen MR) is 107 cm³/mol. The Morgan fingerprint density at radius 3 is 1.95 bits per heavy atom. The zero-order valence-corrected chi connectivity index (χ0v) is 15.7. The first kappa shape index (κ1) is 15.0. The van der Waals surface area contributed by atoms with Gasteiger partial charge in [0, 0.05) is 7.14 Å². The van der Waals surface area contributed by atoms with Crippen LogP contribution in [0.15, 0.2) is 72.8 Å². The number of hydrogen-bond acceptors (Lipinski definition) is 0. The van der Waals surface area contributed by atoms with Crippen LogP contribution in [0.5, 0.6) is 0 Å². The van der Waals surface area contributed by atoms with Gasteiger partial charge in [0.05, 0.1) is 0 Å². The molecule has 0 aliphatic rings. The van der Waals surface area contributed by atoms with E-state index in [1.165, 1.54) is 29.4 Å². The topological polar surface area (TPSA) is 0 Å². The van der Waals surface area contributed by atoms with E-state index in [1.807, 2.05) is 0 Å². The molecule has 3 aromatic rings. The zero-order valence-electron chi connectivity index (χ0n) is 11.4. The van der Waals surface area contributed by atoms with Gasteiger partial charge in [-0.3, -0.25) is 0 Å². The van der Waals surface area contributed by atoms with Crippen LogP contribution in [-0.4, -0.2) is 0 Å². The van der Waals surface area contributed by atoms with Crippen LogP contribution in [0.4, 0.5) is 0 Å². The quantitative estimate of drug-likeness (QED) is 0.382. The van der Waals surface area contributed by atoms with Gasteiger partial charge in [-0.05, 0) is 92.1 Å². The Morgan fingerprint density at radius 1 is 0.619 bits per heavy atom. The van der Waals surface area contributed by atoms with Gasteiger partial charge in [-0.25, -0.2) is 0 Å². The fourth-order valence-electron chi connectivity index (χ4n) is 2.43. The number of benzene rings is 3. The third-order valence-electron chi connectivity index (χ3n) is 3.51. The molecule has 2 heteroatoms. The van der Waals surface area contributed by atoms with Crippen molar-refractivity contribution in [2.24, 2.45) is 0 Å². The first-order valence-electron chi connectivity index (χ1n) is 6.81. The molecule has 0 spiro atoms. The lowest BCUT2D eigenvalue weighted by atomic mass is 9.95. The molecule has 0 atom stereocenters. The van der Waals surface area contributed by atoms with Crippen LogP contribution in [0.25, 0.3) is 11.1 Å².